The fraction of sp³-hybridized carbons (Fsp3) is 0.304. The lowest BCUT2D eigenvalue weighted by molar-refractivity contribution is 0.0693. The van der Waals surface area contributed by atoms with Crippen molar-refractivity contribution in [3.05, 3.63) is 65.4 Å². The molecule has 5 heteroatoms. The lowest BCUT2D eigenvalue weighted by atomic mass is 9.99. The maximum Gasteiger partial charge on any atom is 0.272 e. The number of nitrogens with one attached hydrogen (secondary N) is 2. The molecule has 0 bridgehead atoms. The highest BCUT2D eigenvalue weighted by Gasteiger charge is 2.26. The molecule has 28 heavy (non-hydrogen) atoms. The van der Waals surface area contributed by atoms with Crippen molar-refractivity contribution < 1.29 is 9.59 Å². The van der Waals surface area contributed by atoms with Crippen LogP contribution in [0, 0.1) is 12.8 Å². The minimum absolute atomic E-state index is 0.0531. The first-order valence-corrected chi connectivity index (χ1v) is 9.81. The minimum Gasteiger partial charge on any atom is -0.349 e. The van der Waals surface area contributed by atoms with E-state index in [1.165, 1.54) is 0 Å². The minimum atomic E-state index is -0.213. The maximum atomic E-state index is 13.2. The van der Waals surface area contributed by atoms with Crippen molar-refractivity contribution in [1.29, 1.82) is 0 Å². The number of likely N-dealkylation sites (tertiary alicyclic amines) is 1. The predicted molar refractivity (Wildman–Crippen MR) is 112 cm³/mol. The van der Waals surface area contributed by atoms with Gasteiger partial charge in [0, 0.05) is 29.6 Å². The van der Waals surface area contributed by atoms with E-state index in [4.69, 9.17) is 0 Å². The van der Waals surface area contributed by atoms with Crippen molar-refractivity contribution in [2.24, 2.45) is 5.92 Å². The summed E-state index contributed by atoms with van der Waals surface area (Å²) in [4.78, 5) is 31.2. The molecule has 2 N–H and O–H groups in total. The number of carbonyl (C=O) groups is 2. The van der Waals surface area contributed by atoms with Crippen molar-refractivity contribution in [1.82, 2.24) is 9.88 Å². The molecule has 0 aliphatic carbocycles. The maximum absolute atomic E-state index is 13.2. The molecule has 0 radical (unpaired) electrons. The van der Waals surface area contributed by atoms with Gasteiger partial charge in [-0.2, -0.15) is 0 Å². The largest absolute Gasteiger partial charge is 0.349 e. The van der Waals surface area contributed by atoms with Crippen LogP contribution in [0.1, 0.15) is 46.2 Å². The molecule has 0 saturated carbocycles. The van der Waals surface area contributed by atoms with Crippen LogP contribution in [0.15, 0.2) is 48.5 Å². The summed E-state index contributed by atoms with van der Waals surface area (Å²) in [5.41, 5.74) is 3.46. The Hall–Kier alpha value is -3.08. The number of aryl methyl sites for hydroxylation is 1. The summed E-state index contributed by atoms with van der Waals surface area (Å²) in [5.74, 6) is 0.379. The Bertz CT molecular complexity index is 1030. The molecule has 3 aromatic rings. The van der Waals surface area contributed by atoms with Gasteiger partial charge in [0.1, 0.15) is 5.69 Å². The van der Waals surface area contributed by atoms with Crippen molar-refractivity contribution in [3.63, 3.8) is 0 Å². The molecule has 2 aromatic carbocycles. The van der Waals surface area contributed by atoms with Gasteiger partial charge in [-0.15, -0.1) is 0 Å². The molecule has 1 saturated heterocycles. The number of hydrogen-bond acceptors (Lipinski definition) is 2. The molecule has 1 aliphatic rings. The van der Waals surface area contributed by atoms with Crippen LogP contribution in [0.3, 0.4) is 0 Å². The van der Waals surface area contributed by atoms with Gasteiger partial charge in [-0.1, -0.05) is 42.8 Å². The van der Waals surface area contributed by atoms with Crippen LogP contribution in [-0.2, 0) is 0 Å². The van der Waals surface area contributed by atoms with Gasteiger partial charge in [-0.25, -0.2) is 0 Å². The number of para-hydroxylation sites is 1. The number of aromatic nitrogens is 1. The van der Waals surface area contributed by atoms with E-state index in [0.717, 1.165) is 42.4 Å². The molecule has 1 aliphatic heterocycles. The van der Waals surface area contributed by atoms with Gasteiger partial charge < -0.3 is 15.2 Å². The first kappa shape index (κ1) is 18.3. The number of H-pyrrole nitrogens is 1. The van der Waals surface area contributed by atoms with Crippen molar-refractivity contribution >= 4 is 28.4 Å². The van der Waals surface area contributed by atoms with Gasteiger partial charge >= 0.3 is 0 Å². The van der Waals surface area contributed by atoms with Crippen LogP contribution in [0.2, 0.25) is 0 Å². The Morgan fingerprint density at radius 2 is 1.82 bits per heavy atom. The van der Waals surface area contributed by atoms with E-state index in [-0.39, 0.29) is 11.8 Å². The van der Waals surface area contributed by atoms with Crippen molar-refractivity contribution in [2.75, 3.05) is 18.4 Å². The van der Waals surface area contributed by atoms with E-state index < -0.39 is 0 Å². The SMILES string of the molecule is Cc1cccc(C(=O)Nc2c(C(=O)N3CCC(C)CC3)[nH]c3ccccc23)c1. The van der Waals surface area contributed by atoms with Crippen LogP contribution in [0.25, 0.3) is 10.9 Å². The molecular weight excluding hydrogens is 350 g/mol. The predicted octanol–water partition coefficient (Wildman–Crippen LogP) is 4.60. The van der Waals surface area contributed by atoms with E-state index in [9.17, 15) is 9.59 Å². The molecule has 144 valence electrons. The van der Waals surface area contributed by atoms with Crippen LogP contribution in [0.4, 0.5) is 5.69 Å². The van der Waals surface area contributed by atoms with Gasteiger partial charge in [0.05, 0.1) is 5.69 Å². The molecular formula is C23H25N3O2. The van der Waals surface area contributed by atoms with E-state index in [1.807, 2.05) is 54.3 Å². The Morgan fingerprint density at radius 3 is 2.57 bits per heavy atom. The summed E-state index contributed by atoms with van der Waals surface area (Å²) in [7, 11) is 0. The Labute approximate surface area is 164 Å². The molecule has 0 spiro atoms. The highest BCUT2D eigenvalue weighted by atomic mass is 16.2. The lowest BCUT2D eigenvalue weighted by Crippen LogP contribution is -2.38. The Balaban J connectivity index is 1.69. The normalized spacial score (nSPS) is 15.0. The number of carbonyl (C=O) groups excluding carboxylic acids is 2. The average Bonchev–Trinajstić information content (AvgIpc) is 3.06. The molecule has 0 atom stereocenters. The van der Waals surface area contributed by atoms with Crippen LogP contribution < -0.4 is 5.32 Å². The number of rotatable bonds is 3. The summed E-state index contributed by atoms with van der Waals surface area (Å²) in [6.45, 7) is 5.67. The molecule has 1 aromatic heterocycles. The number of nitrogens with zero attached hydrogens (tertiary/aromatic N) is 1. The fourth-order valence-electron chi connectivity index (χ4n) is 3.77. The first-order chi connectivity index (χ1) is 13.5. The number of amides is 2. The molecule has 1 fully saturated rings. The smallest absolute Gasteiger partial charge is 0.272 e. The summed E-state index contributed by atoms with van der Waals surface area (Å²) in [6, 6.07) is 15.1. The number of hydrogen-bond donors (Lipinski definition) is 2. The zero-order valence-electron chi connectivity index (χ0n) is 16.3. The second-order valence-electron chi connectivity index (χ2n) is 7.72. The topological polar surface area (TPSA) is 65.2 Å². The standard InChI is InChI=1S/C23H25N3O2/c1-15-10-12-26(13-11-15)23(28)21-20(18-8-3-4-9-19(18)24-21)25-22(27)17-7-5-6-16(2)14-17/h3-9,14-15,24H,10-13H2,1-2H3,(H,25,27). The van der Waals surface area contributed by atoms with Crippen LogP contribution >= 0.6 is 0 Å². The lowest BCUT2D eigenvalue weighted by Gasteiger charge is -2.30. The molecule has 4 rings (SSSR count). The molecule has 5 nitrogen and oxygen atoms in total. The van der Waals surface area contributed by atoms with Gasteiger partial charge in [0.2, 0.25) is 0 Å². The average molecular weight is 375 g/mol. The third-order valence-electron chi connectivity index (χ3n) is 5.51. The van der Waals surface area contributed by atoms with Gasteiger partial charge in [0.25, 0.3) is 11.8 Å². The number of piperidine rings is 1. The van der Waals surface area contributed by atoms with Gasteiger partial charge in [0.15, 0.2) is 0 Å². The second-order valence-corrected chi connectivity index (χ2v) is 7.72. The third-order valence-corrected chi connectivity index (χ3v) is 5.51. The van der Waals surface area contributed by atoms with Crippen molar-refractivity contribution in [3.8, 4) is 0 Å². The van der Waals surface area contributed by atoms with E-state index in [0.29, 0.717) is 22.9 Å². The summed E-state index contributed by atoms with van der Waals surface area (Å²) >= 11 is 0. The van der Waals surface area contributed by atoms with Crippen LogP contribution in [0.5, 0.6) is 0 Å². The highest BCUT2D eigenvalue weighted by molar-refractivity contribution is 6.15. The quantitative estimate of drug-likeness (QED) is 0.703. The van der Waals surface area contributed by atoms with E-state index in [1.54, 1.807) is 6.07 Å². The van der Waals surface area contributed by atoms with Gasteiger partial charge in [-0.05, 0) is 43.9 Å². The number of fused-ring (bicyclic) bond motifs is 1. The Kier molecular flexibility index (Phi) is 4.90. The van der Waals surface area contributed by atoms with E-state index >= 15 is 0 Å². The van der Waals surface area contributed by atoms with Crippen molar-refractivity contribution in [2.45, 2.75) is 26.7 Å². The summed E-state index contributed by atoms with van der Waals surface area (Å²) in [5, 5.41) is 3.83. The Morgan fingerprint density at radius 1 is 1.07 bits per heavy atom. The van der Waals surface area contributed by atoms with E-state index in [2.05, 4.69) is 17.2 Å². The number of benzene rings is 2. The highest BCUT2D eigenvalue weighted by Crippen LogP contribution is 2.30. The zero-order valence-corrected chi connectivity index (χ0v) is 16.3. The molecule has 2 heterocycles. The van der Waals surface area contributed by atoms with Gasteiger partial charge in [-0.3, -0.25) is 9.59 Å². The molecule has 2 amide bonds. The first-order valence-electron chi connectivity index (χ1n) is 9.81. The second kappa shape index (κ2) is 7.50. The third kappa shape index (κ3) is 3.52. The number of aromatic amines is 1. The fourth-order valence-corrected chi connectivity index (χ4v) is 3.77. The van der Waals surface area contributed by atoms with Crippen LogP contribution in [-0.4, -0.2) is 34.8 Å². The molecule has 0 unspecified atom stereocenters. The summed E-state index contributed by atoms with van der Waals surface area (Å²) in [6.07, 6.45) is 2.02. The zero-order chi connectivity index (χ0) is 19.7. The monoisotopic (exact) mass is 375 g/mol. The number of anilines is 1. The summed E-state index contributed by atoms with van der Waals surface area (Å²) < 4.78 is 0.